The van der Waals surface area contributed by atoms with Gasteiger partial charge in [-0.2, -0.15) is 0 Å². The summed E-state index contributed by atoms with van der Waals surface area (Å²) in [5.41, 5.74) is 3.51. The zero-order valence-electron chi connectivity index (χ0n) is 18.5. The number of hydrogen-bond acceptors (Lipinski definition) is 8. The molecular formula is C24H23FN2O6S. The Hall–Kier alpha value is -3.50. The molecule has 1 unspecified atom stereocenters. The Morgan fingerprint density at radius 3 is 2.53 bits per heavy atom. The smallest absolute Gasteiger partial charge is 0.358 e. The standard InChI is InChI=1S/C24H23FN2O6S/c1-31-17-9-8-15(11-18(17)32-2)24(30,22(26)29)23-27-19(21(28)33-12-13-6-7-13)20(34-23)14-4-3-5-16(25)10-14/h3-5,8-11,13,30H,6-7,12H2,1-2H3,(H2,26,29). The first kappa shape index (κ1) is 23.7. The molecule has 0 bridgehead atoms. The van der Waals surface area contributed by atoms with Crippen LogP contribution >= 0.6 is 11.3 Å². The quantitative estimate of drug-likeness (QED) is 0.445. The number of rotatable bonds is 9. The summed E-state index contributed by atoms with van der Waals surface area (Å²) in [5.74, 6) is -1.42. The van der Waals surface area contributed by atoms with Crippen LogP contribution in [0.5, 0.6) is 11.5 Å². The maximum absolute atomic E-state index is 14.0. The van der Waals surface area contributed by atoms with Gasteiger partial charge in [0.1, 0.15) is 10.8 Å². The van der Waals surface area contributed by atoms with E-state index >= 15 is 0 Å². The van der Waals surface area contributed by atoms with Crippen molar-refractivity contribution in [2.75, 3.05) is 20.8 Å². The minimum absolute atomic E-state index is 0.0649. The zero-order chi connectivity index (χ0) is 24.5. The highest BCUT2D eigenvalue weighted by Crippen LogP contribution is 2.41. The Morgan fingerprint density at radius 1 is 1.18 bits per heavy atom. The van der Waals surface area contributed by atoms with Gasteiger partial charge in [-0.05, 0) is 48.6 Å². The normalized spacial score (nSPS) is 14.8. The third-order valence-corrected chi connectivity index (χ3v) is 6.74. The average Bonchev–Trinajstić information content (AvgIpc) is 3.56. The van der Waals surface area contributed by atoms with Crippen LogP contribution < -0.4 is 15.2 Å². The molecule has 1 saturated carbocycles. The summed E-state index contributed by atoms with van der Waals surface area (Å²) in [6.07, 6.45) is 1.96. The van der Waals surface area contributed by atoms with Crippen LogP contribution in [-0.4, -0.2) is 42.8 Å². The van der Waals surface area contributed by atoms with E-state index in [2.05, 4.69) is 4.98 Å². The highest BCUT2D eigenvalue weighted by atomic mass is 32.1. The molecule has 2 aromatic carbocycles. The molecule has 3 N–H and O–H groups in total. The molecule has 0 radical (unpaired) electrons. The molecule has 0 aliphatic heterocycles. The number of aliphatic hydroxyl groups is 1. The van der Waals surface area contributed by atoms with Gasteiger partial charge in [-0.1, -0.05) is 18.2 Å². The van der Waals surface area contributed by atoms with Gasteiger partial charge in [-0.25, -0.2) is 14.2 Å². The fraction of sp³-hybridized carbons (Fsp3) is 0.292. The summed E-state index contributed by atoms with van der Waals surface area (Å²) < 4.78 is 29.8. The van der Waals surface area contributed by atoms with Crippen molar-refractivity contribution in [2.45, 2.75) is 18.4 Å². The fourth-order valence-corrected chi connectivity index (χ4v) is 4.58. The van der Waals surface area contributed by atoms with Gasteiger partial charge in [0.2, 0.25) is 5.60 Å². The van der Waals surface area contributed by atoms with E-state index in [0.717, 1.165) is 24.2 Å². The molecular weight excluding hydrogens is 463 g/mol. The van der Waals surface area contributed by atoms with E-state index in [4.69, 9.17) is 19.9 Å². The maximum atomic E-state index is 14.0. The van der Waals surface area contributed by atoms with Gasteiger partial charge in [-0.15, -0.1) is 11.3 Å². The first-order chi connectivity index (χ1) is 16.3. The second-order valence-electron chi connectivity index (χ2n) is 7.89. The minimum atomic E-state index is -2.40. The summed E-state index contributed by atoms with van der Waals surface area (Å²) in [6, 6.07) is 9.93. The summed E-state index contributed by atoms with van der Waals surface area (Å²) in [7, 11) is 2.85. The van der Waals surface area contributed by atoms with Crippen LogP contribution in [0.2, 0.25) is 0 Å². The van der Waals surface area contributed by atoms with Crippen molar-refractivity contribution in [1.82, 2.24) is 4.98 Å². The molecule has 34 heavy (non-hydrogen) atoms. The molecule has 0 saturated heterocycles. The number of aromatic nitrogens is 1. The van der Waals surface area contributed by atoms with Crippen LogP contribution in [-0.2, 0) is 15.1 Å². The van der Waals surface area contributed by atoms with E-state index in [1.807, 2.05) is 0 Å². The topological polar surface area (TPSA) is 121 Å². The van der Waals surface area contributed by atoms with Crippen molar-refractivity contribution in [3.8, 4) is 21.9 Å². The summed E-state index contributed by atoms with van der Waals surface area (Å²) in [6.45, 7) is 0.240. The number of hydrogen-bond donors (Lipinski definition) is 2. The molecule has 178 valence electrons. The van der Waals surface area contributed by atoms with Crippen LogP contribution in [0.25, 0.3) is 10.4 Å². The van der Waals surface area contributed by atoms with E-state index in [9.17, 15) is 19.1 Å². The second-order valence-corrected chi connectivity index (χ2v) is 8.89. The van der Waals surface area contributed by atoms with E-state index in [1.54, 1.807) is 6.07 Å². The lowest BCUT2D eigenvalue weighted by Crippen LogP contribution is -2.42. The first-order valence-electron chi connectivity index (χ1n) is 10.5. The van der Waals surface area contributed by atoms with Crippen LogP contribution in [0.15, 0.2) is 42.5 Å². The highest BCUT2D eigenvalue weighted by Gasteiger charge is 2.43. The molecule has 1 amide bonds. The van der Waals surface area contributed by atoms with Crippen molar-refractivity contribution in [3.05, 3.63) is 64.5 Å². The largest absolute Gasteiger partial charge is 0.493 e. The molecule has 10 heteroatoms. The number of thiazole rings is 1. The number of nitrogens with two attached hydrogens (primary N) is 1. The Labute approximate surface area is 199 Å². The van der Waals surface area contributed by atoms with Crippen molar-refractivity contribution in [2.24, 2.45) is 11.7 Å². The van der Waals surface area contributed by atoms with Gasteiger partial charge < -0.3 is 25.1 Å². The molecule has 1 fully saturated rings. The lowest BCUT2D eigenvalue weighted by atomic mass is 9.93. The Kier molecular flexibility index (Phi) is 6.54. The van der Waals surface area contributed by atoms with Gasteiger partial charge in [-0.3, -0.25) is 4.79 Å². The maximum Gasteiger partial charge on any atom is 0.358 e. The van der Waals surface area contributed by atoms with E-state index < -0.39 is 23.3 Å². The summed E-state index contributed by atoms with van der Waals surface area (Å²) in [5, 5.41) is 11.4. The fourth-order valence-electron chi connectivity index (χ4n) is 3.42. The lowest BCUT2D eigenvalue weighted by molar-refractivity contribution is -0.133. The Balaban J connectivity index is 1.84. The number of nitrogens with zero attached hydrogens (tertiary/aromatic N) is 1. The number of methoxy groups -OCH3 is 2. The van der Waals surface area contributed by atoms with Crippen molar-refractivity contribution < 1.29 is 33.3 Å². The van der Waals surface area contributed by atoms with E-state index in [-0.39, 0.29) is 33.5 Å². The molecule has 1 atom stereocenters. The van der Waals surface area contributed by atoms with Crippen LogP contribution in [0.1, 0.15) is 33.9 Å². The van der Waals surface area contributed by atoms with E-state index in [0.29, 0.717) is 17.2 Å². The average molecular weight is 487 g/mol. The van der Waals surface area contributed by atoms with Crippen molar-refractivity contribution in [1.29, 1.82) is 0 Å². The minimum Gasteiger partial charge on any atom is -0.493 e. The monoisotopic (exact) mass is 486 g/mol. The predicted octanol–water partition coefficient (Wildman–Crippen LogP) is 3.25. The number of primary amides is 1. The van der Waals surface area contributed by atoms with Crippen molar-refractivity contribution >= 4 is 23.2 Å². The highest BCUT2D eigenvalue weighted by molar-refractivity contribution is 7.15. The number of esters is 1. The second kappa shape index (κ2) is 9.40. The number of carbonyl (C=O) groups is 2. The van der Waals surface area contributed by atoms with Crippen LogP contribution in [0.3, 0.4) is 0 Å². The predicted molar refractivity (Wildman–Crippen MR) is 122 cm³/mol. The molecule has 4 rings (SSSR count). The summed E-state index contributed by atoms with van der Waals surface area (Å²) in [4.78, 5) is 30.0. The van der Waals surface area contributed by atoms with Gasteiger partial charge in [0.25, 0.3) is 5.91 Å². The molecule has 8 nitrogen and oxygen atoms in total. The number of carbonyl (C=O) groups excluding carboxylic acids is 2. The zero-order valence-corrected chi connectivity index (χ0v) is 19.4. The third kappa shape index (κ3) is 4.46. The first-order valence-corrected chi connectivity index (χ1v) is 11.3. The Bertz CT molecular complexity index is 1240. The molecule has 1 heterocycles. The number of amides is 1. The number of halogens is 1. The van der Waals surface area contributed by atoms with Gasteiger partial charge in [0, 0.05) is 5.56 Å². The summed E-state index contributed by atoms with van der Waals surface area (Å²) >= 11 is 0.852. The van der Waals surface area contributed by atoms with Crippen LogP contribution in [0.4, 0.5) is 4.39 Å². The number of ether oxygens (including phenoxy) is 3. The molecule has 3 aromatic rings. The van der Waals surface area contributed by atoms with E-state index in [1.165, 1.54) is 50.6 Å². The lowest BCUT2D eigenvalue weighted by Gasteiger charge is -2.23. The molecule has 1 aliphatic carbocycles. The molecule has 0 spiro atoms. The van der Waals surface area contributed by atoms with Gasteiger partial charge in [0.15, 0.2) is 17.2 Å². The molecule has 1 aromatic heterocycles. The Morgan fingerprint density at radius 2 is 1.91 bits per heavy atom. The SMILES string of the molecule is COc1ccc(C(O)(C(N)=O)c2nc(C(=O)OCC3CC3)c(-c3cccc(F)c3)s2)cc1OC. The molecule has 1 aliphatic rings. The van der Waals surface area contributed by atoms with Crippen LogP contribution in [0, 0.1) is 11.7 Å². The van der Waals surface area contributed by atoms with Gasteiger partial charge in [0.05, 0.1) is 25.7 Å². The third-order valence-electron chi connectivity index (χ3n) is 5.52. The number of benzene rings is 2. The van der Waals surface area contributed by atoms with Gasteiger partial charge >= 0.3 is 5.97 Å². The van der Waals surface area contributed by atoms with Crippen molar-refractivity contribution in [3.63, 3.8) is 0 Å².